The second kappa shape index (κ2) is 9.39. The molecule has 0 aliphatic carbocycles. The zero-order valence-electron chi connectivity index (χ0n) is 17.0. The monoisotopic (exact) mass is 443 g/mol. The van der Waals surface area contributed by atoms with E-state index in [1.807, 2.05) is 6.07 Å². The van der Waals surface area contributed by atoms with Crippen LogP contribution in [0.25, 0.3) is 5.69 Å². The fourth-order valence-electron chi connectivity index (χ4n) is 3.03. The molecule has 0 aliphatic heterocycles. The van der Waals surface area contributed by atoms with E-state index in [1.165, 1.54) is 35.5 Å². The Labute approximate surface area is 187 Å². The number of anilines is 3. The highest BCUT2D eigenvalue weighted by atomic mass is 16.6. The van der Waals surface area contributed by atoms with Crippen molar-refractivity contribution in [3.05, 3.63) is 101 Å². The van der Waals surface area contributed by atoms with Gasteiger partial charge in [0, 0.05) is 28.7 Å². The summed E-state index contributed by atoms with van der Waals surface area (Å²) in [5, 5.41) is 23.4. The maximum absolute atomic E-state index is 12.7. The third-order valence-electron chi connectivity index (χ3n) is 4.51. The number of amides is 3. The first-order valence-corrected chi connectivity index (χ1v) is 9.67. The number of carbonyl (C=O) groups excluding carboxylic acids is 2. The summed E-state index contributed by atoms with van der Waals surface area (Å²) in [6.07, 6.45) is 2.58. The Balaban J connectivity index is 1.47. The minimum atomic E-state index is -0.594. The van der Waals surface area contributed by atoms with Gasteiger partial charge in [-0.1, -0.05) is 24.3 Å². The van der Waals surface area contributed by atoms with Gasteiger partial charge in [-0.15, -0.1) is 0 Å². The molecule has 164 valence electrons. The third kappa shape index (κ3) is 5.17. The molecule has 11 nitrogen and oxygen atoms in total. The van der Waals surface area contributed by atoms with Crippen molar-refractivity contribution < 1.29 is 14.5 Å². The van der Waals surface area contributed by atoms with E-state index in [0.29, 0.717) is 17.1 Å². The SMILES string of the molecule is O=C(Nc1ccccc1)Nc1cccc(NC(=O)c2ccc(-n3cncn3)c([N+](=O)[O-])c2)c1. The molecule has 0 unspecified atom stereocenters. The number of nitrogens with one attached hydrogen (secondary N) is 3. The van der Waals surface area contributed by atoms with Crippen LogP contribution >= 0.6 is 0 Å². The van der Waals surface area contributed by atoms with E-state index in [2.05, 4.69) is 26.0 Å². The molecule has 3 amide bonds. The minimum Gasteiger partial charge on any atom is -0.322 e. The van der Waals surface area contributed by atoms with E-state index in [1.54, 1.807) is 48.5 Å². The Morgan fingerprint density at radius 1 is 0.848 bits per heavy atom. The first kappa shape index (κ1) is 21.2. The van der Waals surface area contributed by atoms with Gasteiger partial charge in [0.2, 0.25) is 0 Å². The van der Waals surface area contributed by atoms with Crippen LogP contribution in [-0.2, 0) is 0 Å². The van der Waals surface area contributed by atoms with Gasteiger partial charge in [-0.25, -0.2) is 14.5 Å². The van der Waals surface area contributed by atoms with Gasteiger partial charge >= 0.3 is 6.03 Å². The zero-order chi connectivity index (χ0) is 23.2. The van der Waals surface area contributed by atoms with E-state index in [0.717, 1.165) is 0 Å². The number of para-hydroxylation sites is 1. The number of aromatic nitrogens is 3. The average molecular weight is 443 g/mol. The lowest BCUT2D eigenvalue weighted by Gasteiger charge is -2.10. The topological polar surface area (TPSA) is 144 Å². The molecule has 0 spiro atoms. The number of carbonyl (C=O) groups is 2. The maximum Gasteiger partial charge on any atom is 0.323 e. The molecular weight excluding hydrogens is 426 g/mol. The molecule has 4 rings (SSSR count). The summed E-state index contributed by atoms with van der Waals surface area (Å²) in [7, 11) is 0. The minimum absolute atomic E-state index is 0.0887. The van der Waals surface area contributed by atoms with Crippen LogP contribution < -0.4 is 16.0 Å². The first-order valence-electron chi connectivity index (χ1n) is 9.67. The highest BCUT2D eigenvalue weighted by Crippen LogP contribution is 2.24. The van der Waals surface area contributed by atoms with Crippen LogP contribution in [0.5, 0.6) is 0 Å². The van der Waals surface area contributed by atoms with Gasteiger partial charge in [0.1, 0.15) is 18.3 Å². The normalized spacial score (nSPS) is 10.3. The van der Waals surface area contributed by atoms with Crippen LogP contribution in [0.3, 0.4) is 0 Å². The fraction of sp³-hybridized carbons (Fsp3) is 0. The van der Waals surface area contributed by atoms with Gasteiger partial charge in [-0.2, -0.15) is 5.10 Å². The van der Waals surface area contributed by atoms with Gasteiger partial charge in [0.25, 0.3) is 11.6 Å². The molecule has 0 radical (unpaired) electrons. The number of hydrogen-bond acceptors (Lipinski definition) is 6. The summed E-state index contributed by atoms with van der Waals surface area (Å²) in [4.78, 5) is 39.6. The molecule has 0 bridgehead atoms. The second-order valence-corrected chi connectivity index (χ2v) is 6.78. The maximum atomic E-state index is 12.7. The van der Waals surface area contributed by atoms with E-state index >= 15 is 0 Å². The molecule has 1 heterocycles. The molecule has 1 aromatic heterocycles. The number of rotatable bonds is 6. The molecule has 0 atom stereocenters. The zero-order valence-corrected chi connectivity index (χ0v) is 17.0. The Kier molecular flexibility index (Phi) is 6.03. The molecule has 0 fully saturated rings. The number of nitrogens with zero attached hydrogens (tertiary/aromatic N) is 4. The average Bonchev–Trinajstić information content (AvgIpc) is 3.34. The Morgan fingerprint density at radius 2 is 1.55 bits per heavy atom. The molecular formula is C22H17N7O4. The molecule has 0 saturated carbocycles. The van der Waals surface area contributed by atoms with Gasteiger partial charge < -0.3 is 16.0 Å². The Hall–Kier alpha value is -5.06. The lowest BCUT2D eigenvalue weighted by Crippen LogP contribution is -2.19. The summed E-state index contributed by atoms with van der Waals surface area (Å²) in [5.74, 6) is -0.547. The van der Waals surface area contributed by atoms with Crippen molar-refractivity contribution >= 4 is 34.7 Å². The smallest absolute Gasteiger partial charge is 0.322 e. The van der Waals surface area contributed by atoms with E-state index in [9.17, 15) is 19.7 Å². The molecule has 11 heteroatoms. The first-order chi connectivity index (χ1) is 16.0. The van der Waals surface area contributed by atoms with Crippen molar-refractivity contribution in [3.63, 3.8) is 0 Å². The van der Waals surface area contributed by atoms with Crippen LogP contribution in [-0.4, -0.2) is 31.6 Å². The Morgan fingerprint density at radius 3 is 2.24 bits per heavy atom. The van der Waals surface area contributed by atoms with E-state index in [-0.39, 0.29) is 16.9 Å². The van der Waals surface area contributed by atoms with Gasteiger partial charge in [0.15, 0.2) is 0 Å². The van der Waals surface area contributed by atoms with Crippen LogP contribution in [0.4, 0.5) is 27.5 Å². The standard InChI is InChI=1S/C22H17N7O4/c30-21(15-9-10-19(20(11-15)29(32)33)28-14-23-13-24-28)25-17-7-4-8-18(12-17)27-22(31)26-16-5-2-1-3-6-16/h1-14H,(H,25,30)(H2,26,27,31). The number of benzene rings is 3. The molecule has 33 heavy (non-hydrogen) atoms. The molecule has 0 saturated heterocycles. The summed E-state index contributed by atoms with van der Waals surface area (Å²) in [6, 6.07) is 19.1. The molecule has 3 aromatic carbocycles. The summed E-state index contributed by atoms with van der Waals surface area (Å²) in [5.41, 5.74) is 1.47. The Bertz CT molecular complexity index is 1310. The van der Waals surface area contributed by atoms with E-state index < -0.39 is 16.9 Å². The van der Waals surface area contributed by atoms with Crippen molar-refractivity contribution in [1.29, 1.82) is 0 Å². The van der Waals surface area contributed by atoms with Gasteiger partial charge in [0.05, 0.1) is 4.92 Å². The van der Waals surface area contributed by atoms with Crippen LogP contribution in [0.15, 0.2) is 85.5 Å². The van der Waals surface area contributed by atoms with Crippen molar-refractivity contribution in [2.45, 2.75) is 0 Å². The number of urea groups is 1. The fourth-order valence-corrected chi connectivity index (χ4v) is 3.03. The number of hydrogen-bond donors (Lipinski definition) is 3. The van der Waals surface area contributed by atoms with Crippen LogP contribution in [0, 0.1) is 10.1 Å². The predicted molar refractivity (Wildman–Crippen MR) is 121 cm³/mol. The second-order valence-electron chi connectivity index (χ2n) is 6.78. The third-order valence-corrected chi connectivity index (χ3v) is 4.51. The van der Waals surface area contributed by atoms with Crippen molar-refractivity contribution in [1.82, 2.24) is 14.8 Å². The van der Waals surface area contributed by atoms with E-state index in [4.69, 9.17) is 0 Å². The van der Waals surface area contributed by atoms with Crippen molar-refractivity contribution in [2.75, 3.05) is 16.0 Å². The summed E-state index contributed by atoms with van der Waals surface area (Å²) >= 11 is 0. The highest BCUT2D eigenvalue weighted by molar-refractivity contribution is 6.05. The lowest BCUT2D eigenvalue weighted by atomic mass is 10.1. The number of nitro benzene ring substituents is 1. The summed E-state index contributed by atoms with van der Waals surface area (Å²) in [6.45, 7) is 0. The van der Waals surface area contributed by atoms with Crippen molar-refractivity contribution in [3.8, 4) is 5.69 Å². The van der Waals surface area contributed by atoms with Crippen LogP contribution in [0.2, 0.25) is 0 Å². The predicted octanol–water partition coefficient (Wildman–Crippen LogP) is 4.07. The van der Waals surface area contributed by atoms with Gasteiger partial charge in [-0.3, -0.25) is 14.9 Å². The van der Waals surface area contributed by atoms with Gasteiger partial charge in [-0.05, 0) is 42.5 Å². The molecule has 0 aliphatic rings. The lowest BCUT2D eigenvalue weighted by molar-refractivity contribution is -0.384. The number of nitro groups is 1. The van der Waals surface area contributed by atoms with Crippen molar-refractivity contribution in [2.24, 2.45) is 0 Å². The van der Waals surface area contributed by atoms with Crippen LogP contribution in [0.1, 0.15) is 10.4 Å². The highest BCUT2D eigenvalue weighted by Gasteiger charge is 2.19. The quantitative estimate of drug-likeness (QED) is 0.303. The molecule has 3 N–H and O–H groups in total. The molecule has 4 aromatic rings. The largest absolute Gasteiger partial charge is 0.323 e. The summed E-state index contributed by atoms with van der Waals surface area (Å²) < 4.78 is 1.25.